The molecule has 0 radical (unpaired) electrons. The number of rotatable bonds is 6. The van der Waals surface area contributed by atoms with Crippen LogP contribution in [0.3, 0.4) is 0 Å². The lowest BCUT2D eigenvalue weighted by Gasteiger charge is -2.14. The summed E-state index contributed by atoms with van der Waals surface area (Å²) < 4.78 is 30.8. The first-order valence-electron chi connectivity index (χ1n) is 7.24. The molecule has 0 aromatic heterocycles. The van der Waals surface area contributed by atoms with Crippen molar-refractivity contribution in [3.05, 3.63) is 65.7 Å². The van der Waals surface area contributed by atoms with Gasteiger partial charge in [0, 0.05) is 6.04 Å². The third kappa shape index (κ3) is 5.50. The van der Waals surface area contributed by atoms with Gasteiger partial charge in [0.05, 0.1) is 11.3 Å². The monoisotopic (exact) mass is 333 g/mol. The predicted octanol–water partition coefficient (Wildman–Crippen LogP) is 2.22. The third-order valence-corrected chi connectivity index (χ3v) is 4.25. The smallest absolute Gasteiger partial charge is 0.294 e. The highest BCUT2D eigenvalue weighted by Gasteiger charge is 2.11. The zero-order valence-electron chi connectivity index (χ0n) is 12.8. The molecule has 1 amide bonds. The minimum absolute atomic E-state index is 0.00185. The van der Waals surface area contributed by atoms with Crippen molar-refractivity contribution >= 4 is 16.0 Å². The van der Waals surface area contributed by atoms with Gasteiger partial charge in [-0.25, -0.2) is 0 Å². The Balaban J connectivity index is 1.89. The summed E-state index contributed by atoms with van der Waals surface area (Å²) in [5, 5.41) is 2.92. The molecule has 2 aromatic rings. The van der Waals surface area contributed by atoms with Crippen LogP contribution < -0.4 is 5.32 Å². The van der Waals surface area contributed by atoms with E-state index in [2.05, 4.69) is 5.32 Å². The minimum atomic E-state index is -4.20. The van der Waals surface area contributed by atoms with Gasteiger partial charge in [0.2, 0.25) is 5.91 Å². The molecule has 2 rings (SSSR count). The number of carbonyl (C=O) groups excluding carboxylic acids is 1. The normalized spacial score (nSPS) is 12.6. The average molecular weight is 333 g/mol. The lowest BCUT2D eigenvalue weighted by Crippen LogP contribution is -2.35. The Morgan fingerprint density at radius 2 is 1.65 bits per heavy atom. The standard InChI is InChI=1S/C17H19NO4S/c1-13(11-14-5-3-2-4-6-14)18-17(19)12-15-7-9-16(10-8-15)23(20,21)22/h2-10,13H,11-12H2,1H3,(H,18,19)(H,20,21,22). The van der Waals surface area contributed by atoms with Crippen LogP contribution in [0.4, 0.5) is 0 Å². The predicted molar refractivity (Wildman–Crippen MR) is 87.7 cm³/mol. The van der Waals surface area contributed by atoms with E-state index < -0.39 is 10.1 Å². The number of carbonyl (C=O) groups is 1. The Kier molecular flexibility index (Phi) is 5.52. The highest BCUT2D eigenvalue weighted by Crippen LogP contribution is 2.11. The third-order valence-electron chi connectivity index (χ3n) is 3.38. The zero-order valence-corrected chi connectivity index (χ0v) is 13.6. The molecule has 1 atom stereocenters. The summed E-state index contributed by atoms with van der Waals surface area (Å²) in [7, 11) is -4.20. The molecule has 0 aliphatic carbocycles. The molecule has 5 nitrogen and oxygen atoms in total. The molecule has 0 spiro atoms. The molecule has 0 heterocycles. The summed E-state index contributed by atoms with van der Waals surface area (Å²) in [6, 6.07) is 15.5. The van der Waals surface area contributed by atoms with E-state index in [0.29, 0.717) is 5.56 Å². The molecule has 0 saturated carbocycles. The van der Waals surface area contributed by atoms with E-state index in [-0.39, 0.29) is 23.3 Å². The van der Waals surface area contributed by atoms with Crippen LogP contribution in [0.1, 0.15) is 18.1 Å². The summed E-state index contributed by atoms with van der Waals surface area (Å²) in [5.41, 5.74) is 1.83. The van der Waals surface area contributed by atoms with E-state index in [1.54, 1.807) is 0 Å². The van der Waals surface area contributed by atoms with Crippen molar-refractivity contribution in [2.45, 2.75) is 30.7 Å². The Morgan fingerprint density at radius 1 is 1.04 bits per heavy atom. The van der Waals surface area contributed by atoms with Crippen molar-refractivity contribution in [1.82, 2.24) is 5.32 Å². The first-order chi connectivity index (χ1) is 10.8. The molecular formula is C17H19NO4S. The van der Waals surface area contributed by atoms with Gasteiger partial charge in [-0.2, -0.15) is 8.42 Å². The summed E-state index contributed by atoms with van der Waals surface area (Å²) in [4.78, 5) is 11.8. The van der Waals surface area contributed by atoms with Crippen LogP contribution in [-0.2, 0) is 27.8 Å². The van der Waals surface area contributed by atoms with Crippen molar-refractivity contribution in [2.75, 3.05) is 0 Å². The molecule has 0 aliphatic heterocycles. The van der Waals surface area contributed by atoms with Gasteiger partial charge in [-0.05, 0) is 36.6 Å². The van der Waals surface area contributed by atoms with Gasteiger partial charge in [0.15, 0.2) is 0 Å². The van der Waals surface area contributed by atoms with Crippen LogP contribution in [0.15, 0.2) is 59.5 Å². The average Bonchev–Trinajstić information content (AvgIpc) is 2.47. The Hall–Kier alpha value is -2.18. The second-order valence-electron chi connectivity index (χ2n) is 5.45. The minimum Gasteiger partial charge on any atom is -0.353 e. The number of hydrogen-bond acceptors (Lipinski definition) is 3. The molecule has 0 saturated heterocycles. The van der Waals surface area contributed by atoms with E-state index in [1.807, 2.05) is 37.3 Å². The van der Waals surface area contributed by atoms with Crippen molar-refractivity contribution in [2.24, 2.45) is 0 Å². The highest BCUT2D eigenvalue weighted by atomic mass is 32.2. The number of benzene rings is 2. The van der Waals surface area contributed by atoms with Crippen molar-refractivity contribution in [3.63, 3.8) is 0 Å². The number of hydrogen-bond donors (Lipinski definition) is 2. The molecule has 1 unspecified atom stereocenters. The van der Waals surface area contributed by atoms with Crippen LogP contribution in [0, 0.1) is 0 Å². The van der Waals surface area contributed by atoms with Crippen molar-refractivity contribution in [3.8, 4) is 0 Å². The van der Waals surface area contributed by atoms with Gasteiger partial charge < -0.3 is 5.32 Å². The van der Waals surface area contributed by atoms with Gasteiger partial charge >= 0.3 is 0 Å². The Labute approximate surface area is 136 Å². The molecular weight excluding hydrogens is 314 g/mol. The second kappa shape index (κ2) is 7.39. The largest absolute Gasteiger partial charge is 0.353 e. The second-order valence-corrected chi connectivity index (χ2v) is 6.88. The Morgan fingerprint density at radius 3 is 2.22 bits per heavy atom. The van der Waals surface area contributed by atoms with E-state index in [0.717, 1.165) is 12.0 Å². The molecule has 2 N–H and O–H groups in total. The Bertz CT molecular complexity index is 755. The van der Waals surface area contributed by atoms with Crippen molar-refractivity contribution in [1.29, 1.82) is 0 Å². The van der Waals surface area contributed by atoms with Gasteiger partial charge in [-0.3, -0.25) is 9.35 Å². The van der Waals surface area contributed by atoms with Crippen LogP contribution in [0.25, 0.3) is 0 Å². The highest BCUT2D eigenvalue weighted by molar-refractivity contribution is 7.85. The fourth-order valence-electron chi connectivity index (χ4n) is 2.31. The summed E-state index contributed by atoms with van der Waals surface area (Å²) >= 11 is 0. The zero-order chi connectivity index (χ0) is 16.9. The summed E-state index contributed by atoms with van der Waals surface area (Å²) in [6.07, 6.45) is 0.902. The topological polar surface area (TPSA) is 83.5 Å². The maximum absolute atomic E-state index is 12.0. The number of nitrogens with one attached hydrogen (secondary N) is 1. The molecule has 122 valence electrons. The van der Waals surface area contributed by atoms with Crippen LogP contribution in [0.2, 0.25) is 0 Å². The first kappa shape index (κ1) is 17.2. The molecule has 2 aromatic carbocycles. The van der Waals surface area contributed by atoms with E-state index in [4.69, 9.17) is 4.55 Å². The summed E-state index contributed by atoms with van der Waals surface area (Å²) in [6.45, 7) is 1.94. The van der Waals surface area contributed by atoms with Gasteiger partial charge in [-0.15, -0.1) is 0 Å². The summed E-state index contributed by atoms with van der Waals surface area (Å²) in [5.74, 6) is -0.131. The van der Waals surface area contributed by atoms with E-state index >= 15 is 0 Å². The molecule has 0 fully saturated rings. The molecule has 0 bridgehead atoms. The SMILES string of the molecule is CC(Cc1ccccc1)NC(=O)Cc1ccc(S(=O)(=O)O)cc1. The lowest BCUT2D eigenvalue weighted by molar-refractivity contribution is -0.121. The lowest BCUT2D eigenvalue weighted by atomic mass is 10.1. The first-order valence-corrected chi connectivity index (χ1v) is 8.68. The maximum Gasteiger partial charge on any atom is 0.294 e. The molecule has 0 aliphatic rings. The van der Waals surface area contributed by atoms with Crippen molar-refractivity contribution < 1.29 is 17.8 Å². The molecule has 6 heteroatoms. The van der Waals surface area contributed by atoms with Crippen LogP contribution >= 0.6 is 0 Å². The fourth-order valence-corrected chi connectivity index (χ4v) is 2.79. The van der Waals surface area contributed by atoms with E-state index in [9.17, 15) is 13.2 Å². The van der Waals surface area contributed by atoms with E-state index in [1.165, 1.54) is 24.3 Å². The van der Waals surface area contributed by atoms with Crippen LogP contribution in [-0.4, -0.2) is 24.9 Å². The fraction of sp³-hybridized carbons (Fsp3) is 0.235. The van der Waals surface area contributed by atoms with Crippen LogP contribution in [0.5, 0.6) is 0 Å². The number of amides is 1. The van der Waals surface area contributed by atoms with Gasteiger partial charge in [0.25, 0.3) is 10.1 Å². The molecule has 23 heavy (non-hydrogen) atoms. The van der Waals surface area contributed by atoms with Gasteiger partial charge in [-0.1, -0.05) is 42.5 Å². The van der Waals surface area contributed by atoms with Gasteiger partial charge in [0.1, 0.15) is 0 Å². The quantitative estimate of drug-likeness (QED) is 0.794. The maximum atomic E-state index is 12.0.